The molecule has 0 saturated carbocycles. The van der Waals surface area contributed by atoms with Gasteiger partial charge >= 0.3 is 0 Å². The number of aromatic nitrogens is 3. The van der Waals surface area contributed by atoms with E-state index < -0.39 is 0 Å². The highest BCUT2D eigenvalue weighted by atomic mass is 32.1. The molecule has 0 fully saturated rings. The fourth-order valence-electron chi connectivity index (χ4n) is 2.23. The third-order valence-corrected chi connectivity index (χ3v) is 5.25. The van der Waals surface area contributed by atoms with Gasteiger partial charge in [0, 0.05) is 17.1 Å². The highest BCUT2D eigenvalue weighted by Crippen LogP contribution is 2.25. The van der Waals surface area contributed by atoms with E-state index in [1.807, 2.05) is 41.5 Å². The van der Waals surface area contributed by atoms with E-state index in [0.717, 1.165) is 12.1 Å². The molecular formula is C19H27N5O2S. The zero-order valence-electron chi connectivity index (χ0n) is 16.7. The molecule has 2 N–H and O–H groups in total. The van der Waals surface area contributed by atoms with Gasteiger partial charge in [-0.1, -0.05) is 20.8 Å². The summed E-state index contributed by atoms with van der Waals surface area (Å²) in [4.78, 5) is 37.6. The van der Waals surface area contributed by atoms with Crippen molar-refractivity contribution in [3.8, 4) is 0 Å². The van der Waals surface area contributed by atoms with Crippen LogP contribution < -0.4 is 10.6 Å². The summed E-state index contributed by atoms with van der Waals surface area (Å²) < 4.78 is 0. The molecule has 0 unspecified atom stereocenters. The van der Waals surface area contributed by atoms with Crippen molar-refractivity contribution in [3.05, 3.63) is 39.9 Å². The van der Waals surface area contributed by atoms with Gasteiger partial charge in [-0.15, -0.1) is 11.3 Å². The molecule has 2 aromatic rings. The van der Waals surface area contributed by atoms with Gasteiger partial charge in [0.15, 0.2) is 0 Å². The Morgan fingerprint density at radius 1 is 1.15 bits per heavy atom. The van der Waals surface area contributed by atoms with Crippen LogP contribution in [0.2, 0.25) is 0 Å². The highest BCUT2D eigenvalue weighted by Gasteiger charge is 2.25. The average molecular weight is 390 g/mol. The molecule has 0 radical (unpaired) electrons. The number of thiazole rings is 1. The largest absolute Gasteiger partial charge is 0.346 e. The predicted octanol–water partition coefficient (Wildman–Crippen LogP) is 3.29. The predicted molar refractivity (Wildman–Crippen MR) is 106 cm³/mol. The van der Waals surface area contributed by atoms with Gasteiger partial charge in [0.25, 0.3) is 11.8 Å². The number of carbonyl (C=O) groups is 2. The van der Waals surface area contributed by atoms with E-state index in [1.165, 1.54) is 17.5 Å². The summed E-state index contributed by atoms with van der Waals surface area (Å²) in [6.07, 6.45) is 3.83. The second kappa shape index (κ2) is 8.56. The van der Waals surface area contributed by atoms with Gasteiger partial charge in [0.05, 0.1) is 17.9 Å². The topological polar surface area (TPSA) is 96.9 Å². The maximum atomic E-state index is 12.5. The molecule has 2 amide bonds. The molecule has 146 valence electrons. The molecule has 0 spiro atoms. The van der Waals surface area contributed by atoms with E-state index in [2.05, 4.69) is 25.6 Å². The first-order valence-corrected chi connectivity index (χ1v) is 9.88. The van der Waals surface area contributed by atoms with Crippen molar-refractivity contribution >= 4 is 23.2 Å². The van der Waals surface area contributed by atoms with Crippen LogP contribution in [0.25, 0.3) is 0 Å². The first-order valence-electron chi connectivity index (χ1n) is 9.00. The van der Waals surface area contributed by atoms with Crippen LogP contribution in [0.5, 0.6) is 0 Å². The smallest absolute Gasteiger partial charge is 0.272 e. The molecule has 0 aromatic carbocycles. The Balaban J connectivity index is 2.15. The fourth-order valence-corrected chi connectivity index (χ4v) is 3.25. The van der Waals surface area contributed by atoms with Crippen LogP contribution in [0.1, 0.15) is 78.8 Å². The van der Waals surface area contributed by atoms with Gasteiger partial charge in [0.1, 0.15) is 16.4 Å². The number of amides is 2. The number of aryl methyl sites for hydroxylation is 1. The van der Waals surface area contributed by atoms with E-state index in [4.69, 9.17) is 0 Å². The summed E-state index contributed by atoms with van der Waals surface area (Å²) in [6, 6.07) is -0.314. The van der Waals surface area contributed by atoms with Gasteiger partial charge in [0.2, 0.25) is 0 Å². The monoisotopic (exact) mass is 389 g/mol. The van der Waals surface area contributed by atoms with Gasteiger partial charge in [-0.25, -0.2) is 9.97 Å². The van der Waals surface area contributed by atoms with Crippen molar-refractivity contribution in [2.24, 2.45) is 5.92 Å². The molecule has 8 heteroatoms. The van der Waals surface area contributed by atoms with E-state index in [0.29, 0.717) is 10.7 Å². The molecule has 0 saturated heterocycles. The van der Waals surface area contributed by atoms with E-state index in [9.17, 15) is 9.59 Å². The quantitative estimate of drug-likeness (QED) is 0.757. The lowest BCUT2D eigenvalue weighted by molar-refractivity contribution is 0.0905. The van der Waals surface area contributed by atoms with Crippen molar-refractivity contribution in [2.45, 2.75) is 59.5 Å². The minimum absolute atomic E-state index is 0.0986. The number of rotatable bonds is 7. The zero-order chi connectivity index (χ0) is 20.2. The first kappa shape index (κ1) is 21.0. The summed E-state index contributed by atoms with van der Waals surface area (Å²) >= 11 is 1.36. The normalized spacial score (nSPS) is 12.7. The van der Waals surface area contributed by atoms with Crippen molar-refractivity contribution in [2.75, 3.05) is 0 Å². The number of hydrogen-bond donors (Lipinski definition) is 2. The molecule has 7 nitrogen and oxygen atoms in total. The number of carbonyl (C=O) groups excluding carboxylic acids is 2. The summed E-state index contributed by atoms with van der Waals surface area (Å²) in [5.74, 6) is -0.418. The number of nitrogens with zero attached hydrogens (tertiary/aromatic N) is 3. The molecular weight excluding hydrogens is 362 g/mol. The number of hydrogen-bond acceptors (Lipinski definition) is 6. The molecule has 0 aliphatic heterocycles. The van der Waals surface area contributed by atoms with Crippen molar-refractivity contribution < 1.29 is 9.59 Å². The summed E-state index contributed by atoms with van der Waals surface area (Å²) in [6.45, 7) is 11.8. The molecule has 0 aliphatic rings. The molecule has 2 heterocycles. The summed E-state index contributed by atoms with van der Waals surface area (Å²) in [5.41, 5.74) is 1.07. The SMILES string of the molecule is CCC(C)(C)NC(=O)c1csc([C@@H](NC(=O)c2cnc(C)cn2)C(C)C)n1. The molecule has 2 aromatic heterocycles. The molecule has 1 atom stereocenters. The molecule has 0 aliphatic carbocycles. The Morgan fingerprint density at radius 2 is 1.85 bits per heavy atom. The van der Waals surface area contributed by atoms with Crippen molar-refractivity contribution in [1.29, 1.82) is 0 Å². The maximum absolute atomic E-state index is 12.5. The van der Waals surface area contributed by atoms with Gasteiger partial charge in [-0.05, 0) is 33.1 Å². The van der Waals surface area contributed by atoms with E-state index in [1.54, 1.807) is 11.6 Å². The summed E-state index contributed by atoms with van der Waals surface area (Å²) in [5, 5.41) is 8.35. The van der Waals surface area contributed by atoms with Crippen LogP contribution in [0.3, 0.4) is 0 Å². The fraction of sp³-hybridized carbons (Fsp3) is 0.526. The Morgan fingerprint density at radius 3 is 2.41 bits per heavy atom. The van der Waals surface area contributed by atoms with Gasteiger partial charge < -0.3 is 10.6 Å². The lowest BCUT2D eigenvalue weighted by Gasteiger charge is -2.23. The lowest BCUT2D eigenvalue weighted by atomic mass is 10.0. The van der Waals surface area contributed by atoms with E-state index in [-0.39, 0.29) is 35.0 Å². The minimum Gasteiger partial charge on any atom is -0.346 e. The summed E-state index contributed by atoms with van der Waals surface area (Å²) in [7, 11) is 0. The Kier molecular flexibility index (Phi) is 6.64. The average Bonchev–Trinajstić information content (AvgIpc) is 3.09. The minimum atomic E-state index is -0.314. The Hall–Kier alpha value is -2.35. The van der Waals surface area contributed by atoms with Crippen molar-refractivity contribution in [3.63, 3.8) is 0 Å². The Bertz CT molecular complexity index is 799. The second-order valence-electron chi connectivity index (χ2n) is 7.50. The first-order chi connectivity index (χ1) is 12.6. The maximum Gasteiger partial charge on any atom is 0.272 e. The van der Waals surface area contributed by atoms with Crippen LogP contribution >= 0.6 is 11.3 Å². The zero-order valence-corrected chi connectivity index (χ0v) is 17.5. The lowest BCUT2D eigenvalue weighted by Crippen LogP contribution is -2.43. The molecule has 27 heavy (non-hydrogen) atoms. The second-order valence-corrected chi connectivity index (χ2v) is 8.39. The Labute approximate surface area is 164 Å². The van der Waals surface area contributed by atoms with Gasteiger partial charge in [-0.2, -0.15) is 0 Å². The van der Waals surface area contributed by atoms with Crippen LogP contribution in [-0.4, -0.2) is 32.3 Å². The van der Waals surface area contributed by atoms with Crippen LogP contribution in [0, 0.1) is 12.8 Å². The van der Waals surface area contributed by atoms with Crippen molar-refractivity contribution in [1.82, 2.24) is 25.6 Å². The van der Waals surface area contributed by atoms with Crippen LogP contribution in [0.4, 0.5) is 0 Å². The van der Waals surface area contributed by atoms with E-state index >= 15 is 0 Å². The standard InChI is InChI=1S/C19H27N5O2S/c1-7-19(5,6)24-17(26)14-10-27-18(22-14)15(11(2)3)23-16(25)13-9-20-12(4)8-21-13/h8-11,15H,7H2,1-6H3,(H,23,25)(H,24,26)/t15-/m0/s1. The molecule has 0 bridgehead atoms. The third kappa shape index (κ3) is 5.56. The highest BCUT2D eigenvalue weighted by molar-refractivity contribution is 7.09. The van der Waals surface area contributed by atoms with Gasteiger partial charge in [-0.3, -0.25) is 14.6 Å². The number of nitrogens with one attached hydrogen (secondary N) is 2. The molecule has 2 rings (SSSR count). The third-order valence-electron chi connectivity index (χ3n) is 4.32. The van der Waals surface area contributed by atoms with Crippen LogP contribution in [0.15, 0.2) is 17.8 Å². The van der Waals surface area contributed by atoms with Crippen LogP contribution in [-0.2, 0) is 0 Å².